The van der Waals surface area contributed by atoms with Gasteiger partial charge >= 0.3 is 5.97 Å². The van der Waals surface area contributed by atoms with Gasteiger partial charge in [0.2, 0.25) is 0 Å². The van der Waals surface area contributed by atoms with Crippen molar-refractivity contribution in [2.24, 2.45) is 5.41 Å². The highest BCUT2D eigenvalue weighted by atomic mass is 16.5. The second-order valence-electron chi connectivity index (χ2n) is 8.70. The zero-order chi connectivity index (χ0) is 23.2. The van der Waals surface area contributed by atoms with Crippen LogP contribution in [-0.4, -0.2) is 15.9 Å². The monoisotopic (exact) mass is 435 g/mol. The van der Waals surface area contributed by atoms with Gasteiger partial charge in [-0.1, -0.05) is 65.2 Å². The largest absolute Gasteiger partial charge is 0.425 e. The maximum atomic E-state index is 12.2. The van der Waals surface area contributed by atoms with Crippen molar-refractivity contribution in [1.29, 1.82) is 5.26 Å². The van der Waals surface area contributed by atoms with Crippen molar-refractivity contribution >= 4 is 5.97 Å². The Kier molecular flexibility index (Phi) is 10.9. The van der Waals surface area contributed by atoms with E-state index in [9.17, 15) is 10.1 Å². The molecule has 0 saturated carbocycles. The minimum Gasteiger partial charge on any atom is -0.425 e. The van der Waals surface area contributed by atoms with E-state index in [0.717, 1.165) is 17.5 Å². The van der Waals surface area contributed by atoms with Crippen molar-refractivity contribution in [1.82, 2.24) is 9.97 Å². The first-order valence-corrected chi connectivity index (χ1v) is 12.1. The van der Waals surface area contributed by atoms with Gasteiger partial charge in [0.1, 0.15) is 5.75 Å². The molecule has 1 aromatic carbocycles. The summed E-state index contributed by atoms with van der Waals surface area (Å²) >= 11 is 0. The highest BCUT2D eigenvalue weighted by Gasteiger charge is 2.33. The fraction of sp³-hybridized carbons (Fsp3) is 0.556. The maximum absolute atomic E-state index is 12.2. The number of aryl methyl sites for hydroxylation is 1. The van der Waals surface area contributed by atoms with Crippen LogP contribution in [0.5, 0.6) is 5.75 Å². The number of carbonyl (C=O) groups excluding carboxylic acids is 1. The predicted octanol–water partition coefficient (Wildman–Crippen LogP) is 7.06. The molecule has 1 heterocycles. The lowest BCUT2D eigenvalue weighted by atomic mass is 9.90. The van der Waals surface area contributed by atoms with Crippen LogP contribution in [0.1, 0.15) is 90.5 Å². The average Bonchev–Trinajstić information content (AvgIpc) is 2.83. The second kappa shape index (κ2) is 13.6. The molecule has 0 radical (unpaired) electrons. The highest BCUT2D eigenvalue weighted by Crippen LogP contribution is 2.25. The van der Waals surface area contributed by atoms with Crippen LogP contribution in [0.3, 0.4) is 0 Å². The summed E-state index contributed by atoms with van der Waals surface area (Å²) in [5, 5.41) is 9.21. The van der Waals surface area contributed by atoms with E-state index in [1.807, 2.05) is 30.6 Å². The molecule has 0 fully saturated rings. The number of hydrogen-bond donors (Lipinski definition) is 0. The predicted molar refractivity (Wildman–Crippen MR) is 128 cm³/mol. The van der Waals surface area contributed by atoms with Crippen LogP contribution < -0.4 is 4.74 Å². The van der Waals surface area contributed by atoms with Crippen molar-refractivity contribution in [3.63, 3.8) is 0 Å². The van der Waals surface area contributed by atoms with Crippen molar-refractivity contribution in [2.75, 3.05) is 0 Å². The van der Waals surface area contributed by atoms with Gasteiger partial charge in [0.15, 0.2) is 11.2 Å². The Balaban J connectivity index is 1.77. The fourth-order valence-corrected chi connectivity index (χ4v) is 3.43. The molecule has 1 unspecified atom stereocenters. The van der Waals surface area contributed by atoms with E-state index in [0.29, 0.717) is 18.0 Å². The van der Waals surface area contributed by atoms with Crippen LogP contribution in [0.25, 0.3) is 11.4 Å². The summed E-state index contributed by atoms with van der Waals surface area (Å²) < 4.78 is 5.37. The molecule has 5 nitrogen and oxygen atoms in total. The lowest BCUT2D eigenvalue weighted by Gasteiger charge is -2.17. The van der Waals surface area contributed by atoms with Gasteiger partial charge in [-0.25, -0.2) is 14.8 Å². The highest BCUT2D eigenvalue weighted by molar-refractivity contribution is 5.81. The quantitative estimate of drug-likeness (QED) is 0.180. The first-order chi connectivity index (χ1) is 15.5. The summed E-state index contributed by atoms with van der Waals surface area (Å²) in [6.07, 6.45) is 17.1. The van der Waals surface area contributed by atoms with Crippen LogP contribution in [-0.2, 0) is 11.2 Å². The minimum absolute atomic E-state index is 0.402. The van der Waals surface area contributed by atoms with Gasteiger partial charge in [0.25, 0.3) is 0 Å². The Morgan fingerprint density at radius 3 is 2.03 bits per heavy atom. The molecule has 0 N–H and O–H groups in total. The van der Waals surface area contributed by atoms with E-state index >= 15 is 0 Å². The molecular weight excluding hydrogens is 398 g/mol. The van der Waals surface area contributed by atoms with Crippen molar-refractivity contribution in [3.05, 3.63) is 42.2 Å². The molecule has 2 rings (SSSR count). The number of ether oxygens (including phenoxy) is 1. The maximum Gasteiger partial charge on any atom is 0.331 e. The smallest absolute Gasteiger partial charge is 0.331 e. The molecule has 32 heavy (non-hydrogen) atoms. The number of hydrogen-bond acceptors (Lipinski definition) is 5. The lowest BCUT2D eigenvalue weighted by Crippen LogP contribution is -2.29. The van der Waals surface area contributed by atoms with E-state index in [1.54, 1.807) is 26.0 Å². The van der Waals surface area contributed by atoms with Crippen molar-refractivity contribution < 1.29 is 9.53 Å². The SMILES string of the molecule is CCCCCCCCCCCc1cnc(-c2ccc(OC(=O)C(C)(C#N)CC)cc2)nc1. The number of nitriles is 1. The molecule has 5 heteroatoms. The van der Waals surface area contributed by atoms with E-state index < -0.39 is 11.4 Å². The summed E-state index contributed by atoms with van der Waals surface area (Å²) in [5.74, 6) is 0.525. The van der Waals surface area contributed by atoms with Gasteiger partial charge in [-0.3, -0.25) is 0 Å². The summed E-state index contributed by atoms with van der Waals surface area (Å²) in [6.45, 7) is 5.64. The standard InChI is InChI=1S/C27H37N3O2/c1-4-6-7-8-9-10-11-12-13-14-22-19-29-25(30-20-22)23-15-17-24(18-16-23)32-26(31)27(3,5-2)21-28/h15-20H,4-14H2,1-3H3. The molecule has 1 atom stereocenters. The van der Waals surface area contributed by atoms with Crippen LogP contribution in [0, 0.1) is 16.7 Å². The third-order valence-electron chi connectivity index (χ3n) is 6.00. The molecule has 0 saturated heterocycles. The molecule has 0 amide bonds. The summed E-state index contributed by atoms with van der Waals surface area (Å²) in [6, 6.07) is 9.10. The number of rotatable bonds is 14. The number of nitrogens with zero attached hydrogens (tertiary/aromatic N) is 3. The molecule has 0 aliphatic rings. The molecule has 0 bridgehead atoms. The first kappa shape index (κ1) is 25.5. The molecule has 0 spiro atoms. The van der Waals surface area contributed by atoms with Crippen LogP contribution in [0.2, 0.25) is 0 Å². The molecule has 172 valence electrons. The molecular formula is C27H37N3O2. The number of benzene rings is 1. The Bertz CT molecular complexity index is 856. The normalized spacial score (nSPS) is 12.7. The average molecular weight is 436 g/mol. The topological polar surface area (TPSA) is 75.9 Å². The molecule has 0 aliphatic carbocycles. The summed E-state index contributed by atoms with van der Waals surface area (Å²) in [7, 11) is 0. The van der Waals surface area contributed by atoms with Crippen molar-refractivity contribution in [2.45, 2.75) is 91.4 Å². The van der Waals surface area contributed by atoms with Gasteiger partial charge in [0, 0.05) is 18.0 Å². The number of esters is 1. The van der Waals surface area contributed by atoms with Gasteiger partial charge in [-0.15, -0.1) is 0 Å². The minimum atomic E-state index is -1.13. The fourth-order valence-electron chi connectivity index (χ4n) is 3.43. The summed E-state index contributed by atoms with van der Waals surface area (Å²) in [4.78, 5) is 21.2. The van der Waals surface area contributed by atoms with E-state index in [1.165, 1.54) is 57.8 Å². The number of carbonyl (C=O) groups is 1. The van der Waals surface area contributed by atoms with E-state index in [2.05, 4.69) is 16.9 Å². The zero-order valence-electron chi connectivity index (χ0n) is 19.9. The van der Waals surface area contributed by atoms with Gasteiger partial charge in [-0.2, -0.15) is 5.26 Å². The van der Waals surface area contributed by atoms with Crippen LogP contribution in [0.4, 0.5) is 0 Å². The number of unbranched alkanes of at least 4 members (excludes halogenated alkanes) is 8. The molecule has 0 aliphatic heterocycles. The van der Waals surface area contributed by atoms with Crippen molar-refractivity contribution in [3.8, 4) is 23.2 Å². The Hall–Kier alpha value is -2.74. The Morgan fingerprint density at radius 2 is 1.50 bits per heavy atom. The summed E-state index contributed by atoms with van der Waals surface area (Å²) in [5.41, 5.74) is 0.891. The van der Waals surface area contributed by atoms with Gasteiger partial charge in [0.05, 0.1) is 6.07 Å². The zero-order valence-corrected chi connectivity index (χ0v) is 19.9. The third-order valence-corrected chi connectivity index (χ3v) is 6.00. The van der Waals surface area contributed by atoms with E-state index in [-0.39, 0.29) is 0 Å². The lowest BCUT2D eigenvalue weighted by molar-refractivity contribution is -0.141. The number of aromatic nitrogens is 2. The second-order valence-corrected chi connectivity index (χ2v) is 8.70. The van der Waals surface area contributed by atoms with E-state index in [4.69, 9.17) is 4.74 Å². The van der Waals surface area contributed by atoms with Gasteiger partial charge < -0.3 is 4.74 Å². The van der Waals surface area contributed by atoms with Crippen LogP contribution >= 0.6 is 0 Å². The van der Waals surface area contributed by atoms with Crippen LogP contribution in [0.15, 0.2) is 36.7 Å². The Morgan fingerprint density at radius 1 is 0.938 bits per heavy atom. The Labute approximate surface area is 193 Å². The molecule has 1 aromatic heterocycles. The van der Waals surface area contributed by atoms with Gasteiger partial charge in [-0.05, 0) is 56.0 Å². The first-order valence-electron chi connectivity index (χ1n) is 12.1. The third kappa shape index (κ3) is 8.07. The molecule has 2 aromatic rings.